The van der Waals surface area contributed by atoms with Crippen molar-refractivity contribution in [3.8, 4) is 0 Å². The standard InChI is InChI=1S/C13H22N2O2S2/c1-12(2,3)11-14-6-9(19-11)10(16)15-7-13(4,17)8-18-5/h6,17H,7-8H2,1-5H3,(H,15,16). The first kappa shape index (κ1) is 16.5. The van der Waals surface area contributed by atoms with Crippen LogP contribution in [-0.4, -0.2) is 40.2 Å². The Kier molecular flexibility index (Phi) is 5.41. The summed E-state index contributed by atoms with van der Waals surface area (Å²) in [6.45, 7) is 8.16. The molecule has 0 aliphatic carbocycles. The van der Waals surface area contributed by atoms with Crippen molar-refractivity contribution in [2.45, 2.75) is 38.7 Å². The fourth-order valence-corrected chi connectivity index (χ4v) is 3.06. The molecular weight excluding hydrogens is 280 g/mol. The van der Waals surface area contributed by atoms with Crippen molar-refractivity contribution in [2.24, 2.45) is 0 Å². The fraction of sp³-hybridized carbons (Fsp3) is 0.692. The minimum atomic E-state index is -0.882. The molecule has 0 saturated carbocycles. The van der Waals surface area contributed by atoms with Gasteiger partial charge in [-0.25, -0.2) is 4.98 Å². The van der Waals surface area contributed by atoms with Crippen LogP contribution in [0.1, 0.15) is 42.4 Å². The van der Waals surface area contributed by atoms with Gasteiger partial charge in [-0.3, -0.25) is 4.79 Å². The number of nitrogens with one attached hydrogen (secondary N) is 1. The zero-order valence-corrected chi connectivity index (χ0v) is 13.7. The molecule has 1 aromatic rings. The van der Waals surface area contributed by atoms with Gasteiger partial charge >= 0.3 is 0 Å². The number of amides is 1. The van der Waals surface area contributed by atoms with Crippen LogP contribution in [0.25, 0.3) is 0 Å². The molecule has 1 unspecified atom stereocenters. The second kappa shape index (κ2) is 6.24. The van der Waals surface area contributed by atoms with E-state index in [1.165, 1.54) is 11.3 Å². The van der Waals surface area contributed by atoms with Crippen molar-refractivity contribution in [2.75, 3.05) is 18.6 Å². The molecule has 1 heterocycles. The van der Waals surface area contributed by atoms with Crippen LogP contribution in [0.3, 0.4) is 0 Å². The van der Waals surface area contributed by atoms with Crippen molar-refractivity contribution in [1.82, 2.24) is 10.3 Å². The van der Waals surface area contributed by atoms with Gasteiger partial charge < -0.3 is 10.4 Å². The molecule has 6 heteroatoms. The third-order valence-electron chi connectivity index (χ3n) is 2.46. The average molecular weight is 302 g/mol. The highest BCUT2D eigenvalue weighted by Crippen LogP contribution is 2.26. The molecule has 0 aliphatic rings. The van der Waals surface area contributed by atoms with E-state index in [0.717, 1.165) is 5.01 Å². The highest BCUT2D eigenvalue weighted by Gasteiger charge is 2.23. The number of thiazole rings is 1. The van der Waals surface area contributed by atoms with Gasteiger partial charge in [0, 0.05) is 17.7 Å². The zero-order chi connectivity index (χ0) is 14.7. The van der Waals surface area contributed by atoms with Crippen LogP contribution >= 0.6 is 23.1 Å². The maximum absolute atomic E-state index is 12.0. The van der Waals surface area contributed by atoms with Crippen LogP contribution in [0.2, 0.25) is 0 Å². The Morgan fingerprint density at radius 3 is 2.58 bits per heavy atom. The molecule has 0 aromatic carbocycles. The molecule has 0 spiro atoms. The first-order valence-corrected chi connectivity index (χ1v) is 8.32. The minimum absolute atomic E-state index is 0.0481. The Labute approximate surface area is 123 Å². The van der Waals surface area contributed by atoms with E-state index < -0.39 is 5.60 Å². The first-order chi connectivity index (χ1) is 8.65. The van der Waals surface area contributed by atoms with E-state index in [1.54, 1.807) is 24.9 Å². The summed E-state index contributed by atoms with van der Waals surface area (Å²) in [7, 11) is 0. The summed E-state index contributed by atoms with van der Waals surface area (Å²) in [6.07, 6.45) is 3.53. The van der Waals surface area contributed by atoms with Gasteiger partial charge in [-0.15, -0.1) is 11.3 Å². The number of aromatic nitrogens is 1. The van der Waals surface area contributed by atoms with Gasteiger partial charge in [0.1, 0.15) is 4.88 Å². The van der Waals surface area contributed by atoms with Gasteiger partial charge in [0.2, 0.25) is 0 Å². The molecule has 0 bridgehead atoms. The third-order valence-corrected chi connectivity index (χ3v) is 4.79. The SMILES string of the molecule is CSCC(C)(O)CNC(=O)c1cnc(C(C)(C)C)s1. The van der Waals surface area contributed by atoms with Crippen LogP contribution in [0.4, 0.5) is 0 Å². The molecule has 0 radical (unpaired) electrons. The minimum Gasteiger partial charge on any atom is -0.387 e. The lowest BCUT2D eigenvalue weighted by atomic mass is 9.98. The van der Waals surface area contributed by atoms with Crippen molar-refractivity contribution < 1.29 is 9.90 Å². The number of aliphatic hydroxyl groups is 1. The maximum Gasteiger partial charge on any atom is 0.263 e. The third kappa shape index (κ3) is 5.12. The van der Waals surface area contributed by atoms with E-state index in [2.05, 4.69) is 31.1 Å². The van der Waals surface area contributed by atoms with Crippen LogP contribution in [0, 0.1) is 0 Å². The Balaban J connectivity index is 2.62. The number of hydrogen-bond donors (Lipinski definition) is 2. The summed E-state index contributed by atoms with van der Waals surface area (Å²) in [5.74, 6) is 0.415. The summed E-state index contributed by atoms with van der Waals surface area (Å²) in [5.41, 5.74) is -0.930. The lowest BCUT2D eigenvalue weighted by molar-refractivity contribution is 0.0727. The summed E-state index contributed by atoms with van der Waals surface area (Å²) in [4.78, 5) is 16.8. The molecular formula is C13H22N2O2S2. The molecule has 1 rings (SSSR count). The number of hydrogen-bond acceptors (Lipinski definition) is 5. The zero-order valence-electron chi connectivity index (χ0n) is 12.1. The predicted octanol–water partition coefficient (Wildman–Crippen LogP) is 2.28. The lowest BCUT2D eigenvalue weighted by Gasteiger charge is -2.22. The van der Waals surface area contributed by atoms with Gasteiger partial charge in [0.05, 0.1) is 16.8 Å². The van der Waals surface area contributed by atoms with Crippen LogP contribution in [0.5, 0.6) is 0 Å². The summed E-state index contributed by atoms with van der Waals surface area (Å²) in [5, 5.41) is 13.7. The molecule has 0 fully saturated rings. The Morgan fingerprint density at radius 1 is 1.47 bits per heavy atom. The lowest BCUT2D eigenvalue weighted by Crippen LogP contribution is -2.42. The van der Waals surface area contributed by atoms with E-state index >= 15 is 0 Å². The molecule has 0 saturated heterocycles. The first-order valence-electron chi connectivity index (χ1n) is 6.11. The van der Waals surface area contributed by atoms with Crippen LogP contribution in [-0.2, 0) is 5.41 Å². The van der Waals surface area contributed by atoms with E-state index in [1.807, 2.05) is 6.26 Å². The maximum atomic E-state index is 12.0. The molecule has 1 amide bonds. The highest BCUT2D eigenvalue weighted by atomic mass is 32.2. The van der Waals surface area contributed by atoms with E-state index in [0.29, 0.717) is 10.6 Å². The van der Waals surface area contributed by atoms with E-state index in [4.69, 9.17) is 0 Å². The second-order valence-corrected chi connectivity index (χ2v) is 7.79. The van der Waals surface area contributed by atoms with Gasteiger partial charge in [-0.05, 0) is 13.2 Å². The van der Waals surface area contributed by atoms with Crippen LogP contribution in [0.15, 0.2) is 6.20 Å². The Bertz CT molecular complexity index is 436. The molecule has 4 nitrogen and oxygen atoms in total. The summed E-state index contributed by atoms with van der Waals surface area (Å²) in [6, 6.07) is 0. The molecule has 19 heavy (non-hydrogen) atoms. The number of carbonyl (C=O) groups is 1. The number of rotatable bonds is 5. The Morgan fingerprint density at radius 2 is 2.11 bits per heavy atom. The average Bonchev–Trinajstić information content (AvgIpc) is 2.74. The fourth-order valence-electron chi connectivity index (χ4n) is 1.45. The summed E-state index contributed by atoms with van der Waals surface area (Å²) >= 11 is 2.95. The van der Waals surface area contributed by atoms with E-state index in [-0.39, 0.29) is 17.9 Å². The molecule has 1 atom stereocenters. The monoisotopic (exact) mass is 302 g/mol. The number of thioether (sulfide) groups is 1. The van der Waals surface area contributed by atoms with Crippen molar-refractivity contribution in [3.05, 3.63) is 16.1 Å². The number of carbonyl (C=O) groups excluding carboxylic acids is 1. The van der Waals surface area contributed by atoms with Crippen LogP contribution < -0.4 is 5.32 Å². The van der Waals surface area contributed by atoms with E-state index in [9.17, 15) is 9.90 Å². The Hall–Kier alpha value is -0.590. The quantitative estimate of drug-likeness (QED) is 0.876. The van der Waals surface area contributed by atoms with Crippen molar-refractivity contribution in [3.63, 3.8) is 0 Å². The highest BCUT2D eigenvalue weighted by molar-refractivity contribution is 7.98. The van der Waals surface area contributed by atoms with Crippen molar-refractivity contribution >= 4 is 29.0 Å². The molecule has 108 valence electrons. The van der Waals surface area contributed by atoms with Gasteiger partial charge in [-0.2, -0.15) is 11.8 Å². The molecule has 2 N–H and O–H groups in total. The molecule has 1 aromatic heterocycles. The predicted molar refractivity (Wildman–Crippen MR) is 82.2 cm³/mol. The van der Waals surface area contributed by atoms with Gasteiger partial charge in [0.25, 0.3) is 5.91 Å². The molecule has 0 aliphatic heterocycles. The van der Waals surface area contributed by atoms with Gasteiger partial charge in [-0.1, -0.05) is 20.8 Å². The van der Waals surface area contributed by atoms with Gasteiger partial charge in [0.15, 0.2) is 0 Å². The topological polar surface area (TPSA) is 62.2 Å². The number of nitrogens with zero attached hydrogens (tertiary/aromatic N) is 1. The normalized spacial score (nSPS) is 15.1. The second-order valence-electron chi connectivity index (χ2n) is 5.89. The largest absolute Gasteiger partial charge is 0.387 e. The smallest absolute Gasteiger partial charge is 0.263 e. The van der Waals surface area contributed by atoms with Crippen molar-refractivity contribution in [1.29, 1.82) is 0 Å². The summed E-state index contributed by atoms with van der Waals surface area (Å²) < 4.78 is 0.